The summed E-state index contributed by atoms with van der Waals surface area (Å²) in [6.45, 7) is 1.42. The number of hydrogen-bond donors (Lipinski definition) is 2. The van der Waals surface area contributed by atoms with Gasteiger partial charge in [-0.1, -0.05) is 11.8 Å². The minimum Gasteiger partial charge on any atom is -0.389 e. The number of thioether (sulfide) groups is 1. The van der Waals surface area contributed by atoms with Gasteiger partial charge in [-0.25, -0.2) is 4.98 Å². The molecule has 0 bridgehead atoms. The number of carbonyl (C=O) groups excluding carboxylic acids is 1. The van der Waals surface area contributed by atoms with Gasteiger partial charge in [0.05, 0.1) is 24.3 Å². The summed E-state index contributed by atoms with van der Waals surface area (Å²) in [5, 5.41) is 19.3. The fraction of sp³-hybridized carbons (Fsp3) is 0.556. The van der Waals surface area contributed by atoms with E-state index in [1.807, 2.05) is 0 Å². The molecule has 0 aliphatic heterocycles. The zero-order chi connectivity index (χ0) is 11.4. The normalized spacial score (nSPS) is 14.9. The zero-order valence-corrected chi connectivity index (χ0v) is 9.44. The molecule has 0 aromatic carbocycles. The number of carbonyl (C=O) groups is 1. The van der Waals surface area contributed by atoms with Crippen molar-refractivity contribution in [3.63, 3.8) is 0 Å². The molecule has 5 nitrogen and oxygen atoms in total. The standard InChI is InChI=1S/C9H14N2O3S/c1-6(12)15-4-8(13)9(14)7-3-10-5-11(7)2/h3,5,8-9,13-14H,4H2,1-2H3. The summed E-state index contributed by atoms with van der Waals surface area (Å²) >= 11 is 0.992. The van der Waals surface area contributed by atoms with Gasteiger partial charge < -0.3 is 14.8 Å². The summed E-state index contributed by atoms with van der Waals surface area (Å²) in [4.78, 5) is 14.5. The highest BCUT2D eigenvalue weighted by atomic mass is 32.2. The monoisotopic (exact) mass is 230 g/mol. The summed E-state index contributed by atoms with van der Waals surface area (Å²) in [5.74, 6) is 0.182. The van der Waals surface area contributed by atoms with Gasteiger partial charge in [0.2, 0.25) is 0 Å². The van der Waals surface area contributed by atoms with Crippen LogP contribution in [0.2, 0.25) is 0 Å². The van der Waals surface area contributed by atoms with E-state index in [1.54, 1.807) is 17.9 Å². The first-order chi connectivity index (χ1) is 7.02. The molecule has 1 heterocycles. The fourth-order valence-electron chi connectivity index (χ4n) is 1.14. The molecule has 0 fully saturated rings. The number of aromatic nitrogens is 2. The lowest BCUT2D eigenvalue weighted by Gasteiger charge is -2.16. The molecule has 0 saturated heterocycles. The number of rotatable bonds is 4. The molecule has 2 unspecified atom stereocenters. The largest absolute Gasteiger partial charge is 0.389 e. The van der Waals surface area contributed by atoms with E-state index in [2.05, 4.69) is 4.98 Å². The topological polar surface area (TPSA) is 75.3 Å². The smallest absolute Gasteiger partial charge is 0.185 e. The summed E-state index contributed by atoms with van der Waals surface area (Å²) < 4.78 is 1.63. The molecule has 0 amide bonds. The Morgan fingerprint density at radius 2 is 2.33 bits per heavy atom. The maximum absolute atomic E-state index is 10.7. The van der Waals surface area contributed by atoms with E-state index in [9.17, 15) is 15.0 Å². The van der Waals surface area contributed by atoms with E-state index >= 15 is 0 Å². The lowest BCUT2D eigenvalue weighted by atomic mass is 10.2. The molecule has 2 atom stereocenters. The summed E-state index contributed by atoms with van der Waals surface area (Å²) in [5.41, 5.74) is 0.534. The average Bonchev–Trinajstić information content (AvgIpc) is 2.59. The third-order valence-electron chi connectivity index (χ3n) is 1.98. The molecule has 6 heteroatoms. The van der Waals surface area contributed by atoms with Crippen molar-refractivity contribution in [3.8, 4) is 0 Å². The summed E-state index contributed by atoms with van der Waals surface area (Å²) in [7, 11) is 1.73. The van der Waals surface area contributed by atoms with E-state index in [1.165, 1.54) is 13.1 Å². The molecule has 15 heavy (non-hydrogen) atoms. The molecule has 2 N–H and O–H groups in total. The number of aryl methyl sites for hydroxylation is 1. The second kappa shape index (κ2) is 5.29. The molecule has 0 spiro atoms. The highest BCUT2D eigenvalue weighted by Crippen LogP contribution is 2.18. The molecular weight excluding hydrogens is 216 g/mol. The first kappa shape index (κ1) is 12.2. The van der Waals surface area contributed by atoms with Crippen LogP contribution in [0.15, 0.2) is 12.5 Å². The third-order valence-corrected chi connectivity index (χ3v) is 2.89. The number of nitrogens with zero attached hydrogens (tertiary/aromatic N) is 2. The lowest BCUT2D eigenvalue weighted by molar-refractivity contribution is -0.109. The molecule has 1 rings (SSSR count). The maximum Gasteiger partial charge on any atom is 0.185 e. The molecule has 0 aliphatic rings. The van der Waals surface area contributed by atoms with Crippen molar-refractivity contribution >= 4 is 16.9 Å². The summed E-state index contributed by atoms with van der Waals surface area (Å²) in [6.07, 6.45) is 1.06. The van der Waals surface area contributed by atoms with Gasteiger partial charge in [0.1, 0.15) is 6.10 Å². The minimum atomic E-state index is -1.01. The Morgan fingerprint density at radius 3 is 2.80 bits per heavy atom. The fourth-order valence-corrected chi connectivity index (χ4v) is 1.73. The van der Waals surface area contributed by atoms with Crippen molar-refractivity contribution in [3.05, 3.63) is 18.2 Å². The van der Waals surface area contributed by atoms with Crippen LogP contribution in [0.3, 0.4) is 0 Å². The van der Waals surface area contributed by atoms with Crippen LogP contribution in [0.1, 0.15) is 18.7 Å². The van der Waals surface area contributed by atoms with Gasteiger partial charge in [0, 0.05) is 19.7 Å². The van der Waals surface area contributed by atoms with Crippen molar-refractivity contribution in [2.45, 2.75) is 19.1 Å². The van der Waals surface area contributed by atoms with Gasteiger partial charge in [-0.15, -0.1) is 0 Å². The SMILES string of the molecule is CC(=O)SCC(O)C(O)c1cncn1C. The maximum atomic E-state index is 10.7. The Kier molecular flexibility index (Phi) is 4.31. The molecule has 0 aliphatic carbocycles. The van der Waals surface area contributed by atoms with Crippen LogP contribution >= 0.6 is 11.8 Å². The molecule has 1 aromatic rings. The molecule has 84 valence electrons. The van der Waals surface area contributed by atoms with Crippen LogP contribution in [0.4, 0.5) is 0 Å². The van der Waals surface area contributed by atoms with E-state index in [0.717, 1.165) is 11.8 Å². The van der Waals surface area contributed by atoms with Crippen LogP contribution in [0.25, 0.3) is 0 Å². The van der Waals surface area contributed by atoms with Gasteiger partial charge in [0.25, 0.3) is 0 Å². The van der Waals surface area contributed by atoms with Crippen LogP contribution < -0.4 is 0 Å². The van der Waals surface area contributed by atoms with Gasteiger partial charge in [-0.2, -0.15) is 0 Å². The van der Waals surface area contributed by atoms with Crippen molar-refractivity contribution in [2.24, 2.45) is 7.05 Å². The van der Waals surface area contributed by atoms with Gasteiger partial charge in [0.15, 0.2) is 5.12 Å². The first-order valence-electron chi connectivity index (χ1n) is 4.48. The second-order valence-corrected chi connectivity index (χ2v) is 4.44. The molecular formula is C9H14N2O3S. The number of aliphatic hydroxyl groups excluding tert-OH is 2. The Hall–Kier alpha value is -0.850. The van der Waals surface area contributed by atoms with Crippen LogP contribution in [0.5, 0.6) is 0 Å². The average molecular weight is 230 g/mol. The predicted molar refractivity (Wildman–Crippen MR) is 57.3 cm³/mol. The number of imidazole rings is 1. The Labute approximate surface area is 92.1 Å². The quantitative estimate of drug-likeness (QED) is 0.767. The second-order valence-electron chi connectivity index (χ2n) is 3.24. The van der Waals surface area contributed by atoms with Gasteiger partial charge in [-0.05, 0) is 0 Å². The Morgan fingerprint density at radius 1 is 1.67 bits per heavy atom. The predicted octanol–water partition coefficient (Wildman–Crippen LogP) is 0.0941. The van der Waals surface area contributed by atoms with Gasteiger partial charge in [-0.3, -0.25) is 4.79 Å². The van der Waals surface area contributed by atoms with Crippen LogP contribution in [0, 0.1) is 0 Å². The minimum absolute atomic E-state index is 0.0775. The number of aliphatic hydroxyl groups is 2. The van der Waals surface area contributed by atoms with E-state index in [4.69, 9.17) is 0 Å². The molecule has 0 radical (unpaired) electrons. The van der Waals surface area contributed by atoms with E-state index < -0.39 is 12.2 Å². The molecule has 1 aromatic heterocycles. The summed E-state index contributed by atoms with van der Waals surface area (Å²) in [6, 6.07) is 0. The van der Waals surface area contributed by atoms with E-state index in [-0.39, 0.29) is 10.9 Å². The first-order valence-corrected chi connectivity index (χ1v) is 5.46. The highest BCUT2D eigenvalue weighted by Gasteiger charge is 2.21. The van der Waals surface area contributed by atoms with Gasteiger partial charge >= 0.3 is 0 Å². The van der Waals surface area contributed by atoms with Crippen LogP contribution in [-0.4, -0.2) is 36.7 Å². The Bertz CT molecular complexity index is 340. The Balaban J connectivity index is 2.57. The lowest BCUT2D eigenvalue weighted by Crippen LogP contribution is -2.23. The van der Waals surface area contributed by atoms with Crippen molar-refractivity contribution in [1.29, 1.82) is 0 Å². The third kappa shape index (κ3) is 3.33. The van der Waals surface area contributed by atoms with Crippen molar-refractivity contribution < 1.29 is 15.0 Å². The zero-order valence-electron chi connectivity index (χ0n) is 8.62. The molecule has 0 saturated carbocycles. The highest BCUT2D eigenvalue weighted by molar-refractivity contribution is 8.13. The van der Waals surface area contributed by atoms with E-state index in [0.29, 0.717) is 5.69 Å². The number of hydrogen-bond acceptors (Lipinski definition) is 5. The van der Waals surface area contributed by atoms with Crippen LogP contribution in [-0.2, 0) is 11.8 Å². The van der Waals surface area contributed by atoms with Crippen molar-refractivity contribution in [2.75, 3.05) is 5.75 Å². The van der Waals surface area contributed by atoms with Crippen molar-refractivity contribution in [1.82, 2.24) is 9.55 Å².